The molecule has 0 spiro atoms. The van der Waals surface area contributed by atoms with E-state index < -0.39 is 0 Å². The Morgan fingerprint density at radius 1 is 0.224 bits per heavy atom. The number of para-hydroxylation sites is 2. The van der Waals surface area contributed by atoms with Gasteiger partial charge in [-0.25, -0.2) is 0 Å². The van der Waals surface area contributed by atoms with Crippen LogP contribution in [-0.4, -0.2) is 0 Å². The minimum atomic E-state index is 1.09. The Bertz CT molecular complexity index is 2440. The van der Waals surface area contributed by atoms with Gasteiger partial charge in [-0.3, -0.25) is 0 Å². The molecule has 8 rings (SSSR count). The molecule has 0 radical (unpaired) electrons. The Labute approximate surface area is 343 Å². The predicted octanol–water partition coefficient (Wildman–Crippen LogP) is 15.7. The summed E-state index contributed by atoms with van der Waals surface area (Å²) in [6.45, 7) is 0. The Kier molecular flexibility index (Phi) is 12.1. The first-order chi connectivity index (χ1) is 28.8. The predicted molar refractivity (Wildman–Crippen MR) is 250 cm³/mol. The summed E-state index contributed by atoms with van der Waals surface area (Å²) in [6, 6.07) is 76.9. The van der Waals surface area contributed by atoms with Gasteiger partial charge in [0.1, 0.15) is 0 Å². The van der Waals surface area contributed by atoms with Gasteiger partial charge in [0.2, 0.25) is 0 Å². The maximum absolute atomic E-state index is 2.31. The minimum Gasteiger partial charge on any atom is -0.310 e. The highest BCUT2D eigenvalue weighted by atomic mass is 15.1. The molecule has 0 saturated heterocycles. The molecule has 0 amide bonds. The van der Waals surface area contributed by atoms with Crippen LogP contribution in [0.2, 0.25) is 0 Å². The van der Waals surface area contributed by atoms with E-state index in [1.807, 2.05) is 12.1 Å². The average molecular weight is 745 g/mol. The molecule has 0 unspecified atom stereocenters. The third-order valence-corrected chi connectivity index (χ3v) is 9.85. The fourth-order valence-corrected chi connectivity index (χ4v) is 6.98. The maximum atomic E-state index is 2.31. The van der Waals surface area contributed by atoms with Crippen molar-refractivity contribution in [2.75, 3.05) is 9.80 Å². The van der Waals surface area contributed by atoms with E-state index in [0.717, 1.165) is 56.4 Å². The Hall–Kier alpha value is -7.68. The van der Waals surface area contributed by atoms with Crippen molar-refractivity contribution in [2.45, 2.75) is 0 Å². The van der Waals surface area contributed by atoms with Crippen molar-refractivity contribution >= 4 is 58.4 Å². The SMILES string of the molecule is C(/C=C/c1cccc(N(c2ccccc2)c2ccc(-c3ccc(N(c4ccccc4)c4cccc(/C=C/C=C/c5ccccc5)c4)cc3)cc2)c1)=C\c1ccccc1. The van der Waals surface area contributed by atoms with E-state index in [9.17, 15) is 0 Å². The van der Waals surface area contributed by atoms with E-state index >= 15 is 0 Å². The maximum Gasteiger partial charge on any atom is 0.0467 e. The van der Waals surface area contributed by atoms with E-state index in [2.05, 4.69) is 265 Å². The summed E-state index contributed by atoms with van der Waals surface area (Å²) in [5, 5.41) is 0. The van der Waals surface area contributed by atoms with Crippen molar-refractivity contribution in [1.29, 1.82) is 0 Å². The highest BCUT2D eigenvalue weighted by molar-refractivity contribution is 5.82. The van der Waals surface area contributed by atoms with Gasteiger partial charge in [0, 0.05) is 34.1 Å². The minimum absolute atomic E-state index is 1.09. The van der Waals surface area contributed by atoms with Crippen molar-refractivity contribution in [2.24, 2.45) is 0 Å². The molecule has 2 heteroatoms. The Morgan fingerprint density at radius 3 is 0.862 bits per heavy atom. The number of allylic oxidation sites excluding steroid dienone is 4. The molecule has 0 bridgehead atoms. The molecule has 0 aliphatic carbocycles. The van der Waals surface area contributed by atoms with Crippen LogP contribution in [0.3, 0.4) is 0 Å². The van der Waals surface area contributed by atoms with Crippen LogP contribution in [-0.2, 0) is 0 Å². The van der Waals surface area contributed by atoms with Crippen molar-refractivity contribution in [3.8, 4) is 11.1 Å². The Morgan fingerprint density at radius 2 is 0.500 bits per heavy atom. The first kappa shape index (κ1) is 37.3. The molecule has 0 aliphatic heterocycles. The summed E-state index contributed by atoms with van der Waals surface area (Å²) >= 11 is 0. The van der Waals surface area contributed by atoms with Crippen molar-refractivity contribution in [1.82, 2.24) is 0 Å². The van der Waals surface area contributed by atoms with Crippen LogP contribution in [0.15, 0.2) is 243 Å². The molecule has 2 nitrogen and oxygen atoms in total. The van der Waals surface area contributed by atoms with E-state index in [0.29, 0.717) is 0 Å². The summed E-state index contributed by atoms with van der Waals surface area (Å²) in [5.41, 5.74) is 13.6. The van der Waals surface area contributed by atoms with Crippen molar-refractivity contribution < 1.29 is 0 Å². The molecule has 0 heterocycles. The number of hydrogen-bond acceptors (Lipinski definition) is 2. The van der Waals surface area contributed by atoms with Crippen LogP contribution in [0.4, 0.5) is 34.1 Å². The summed E-state index contributed by atoms with van der Waals surface area (Å²) in [5.74, 6) is 0. The van der Waals surface area contributed by atoms with Crippen LogP contribution in [0.5, 0.6) is 0 Å². The number of rotatable bonds is 13. The normalized spacial score (nSPS) is 11.5. The number of nitrogens with zero attached hydrogens (tertiary/aromatic N) is 2. The molecular weight excluding hydrogens is 701 g/mol. The van der Waals surface area contributed by atoms with Gasteiger partial charge in [0.25, 0.3) is 0 Å². The van der Waals surface area contributed by atoms with Gasteiger partial charge in [0.15, 0.2) is 0 Å². The zero-order valence-corrected chi connectivity index (χ0v) is 32.3. The van der Waals surface area contributed by atoms with Crippen LogP contribution in [0.25, 0.3) is 35.4 Å². The second-order valence-electron chi connectivity index (χ2n) is 13.9. The smallest absolute Gasteiger partial charge is 0.0467 e. The first-order valence-corrected chi connectivity index (χ1v) is 19.7. The van der Waals surface area contributed by atoms with Crippen molar-refractivity contribution in [3.63, 3.8) is 0 Å². The number of anilines is 6. The lowest BCUT2D eigenvalue weighted by Gasteiger charge is -2.26. The highest BCUT2D eigenvalue weighted by Crippen LogP contribution is 2.38. The molecule has 0 saturated carbocycles. The van der Waals surface area contributed by atoms with E-state index in [1.54, 1.807) is 0 Å². The molecule has 0 N–H and O–H groups in total. The summed E-state index contributed by atoms with van der Waals surface area (Å²) in [4.78, 5) is 4.62. The molecule has 278 valence electrons. The first-order valence-electron chi connectivity index (χ1n) is 19.7. The zero-order valence-electron chi connectivity index (χ0n) is 32.3. The lowest BCUT2D eigenvalue weighted by Crippen LogP contribution is -2.10. The van der Waals surface area contributed by atoms with E-state index in [-0.39, 0.29) is 0 Å². The van der Waals surface area contributed by atoms with Gasteiger partial charge >= 0.3 is 0 Å². The molecule has 58 heavy (non-hydrogen) atoms. The fourth-order valence-electron chi connectivity index (χ4n) is 6.98. The lowest BCUT2D eigenvalue weighted by atomic mass is 10.0. The van der Waals surface area contributed by atoms with Crippen LogP contribution >= 0.6 is 0 Å². The quantitative estimate of drug-likeness (QED) is 0.108. The fraction of sp³-hybridized carbons (Fsp3) is 0. The molecule has 0 aliphatic rings. The van der Waals surface area contributed by atoms with Crippen LogP contribution < -0.4 is 9.80 Å². The van der Waals surface area contributed by atoms with E-state index in [4.69, 9.17) is 0 Å². The topological polar surface area (TPSA) is 6.48 Å². The Balaban J connectivity index is 1.03. The average Bonchev–Trinajstić information content (AvgIpc) is 3.29. The number of benzene rings is 8. The van der Waals surface area contributed by atoms with Gasteiger partial charge in [-0.15, -0.1) is 0 Å². The van der Waals surface area contributed by atoms with Crippen molar-refractivity contribution in [3.05, 3.63) is 265 Å². The molecule has 0 fully saturated rings. The molecular formula is C56H44N2. The second-order valence-corrected chi connectivity index (χ2v) is 13.9. The third-order valence-electron chi connectivity index (χ3n) is 9.85. The summed E-state index contributed by atoms with van der Waals surface area (Å²) < 4.78 is 0. The van der Waals surface area contributed by atoms with Gasteiger partial charge in [-0.1, -0.05) is 194 Å². The zero-order chi connectivity index (χ0) is 39.2. The highest BCUT2D eigenvalue weighted by Gasteiger charge is 2.15. The number of hydrogen-bond donors (Lipinski definition) is 0. The van der Waals surface area contributed by atoms with Crippen LogP contribution in [0.1, 0.15) is 22.3 Å². The van der Waals surface area contributed by atoms with Gasteiger partial charge in [-0.2, -0.15) is 0 Å². The van der Waals surface area contributed by atoms with Gasteiger partial charge in [-0.05, 0) is 106 Å². The van der Waals surface area contributed by atoms with Gasteiger partial charge < -0.3 is 9.80 Å². The van der Waals surface area contributed by atoms with Crippen LogP contribution in [0, 0.1) is 0 Å². The lowest BCUT2D eigenvalue weighted by molar-refractivity contribution is 1.28. The molecule has 0 atom stereocenters. The molecule has 8 aromatic rings. The van der Waals surface area contributed by atoms with E-state index in [1.165, 1.54) is 11.1 Å². The monoisotopic (exact) mass is 744 g/mol. The molecule has 0 aromatic heterocycles. The second kappa shape index (κ2) is 18.8. The summed E-state index contributed by atoms with van der Waals surface area (Å²) in [6.07, 6.45) is 16.9. The summed E-state index contributed by atoms with van der Waals surface area (Å²) in [7, 11) is 0. The largest absolute Gasteiger partial charge is 0.310 e. The standard InChI is InChI=1S/C56H44N2/c1-5-19-45(20-6-1)23-13-15-25-47-27-17-33-55(43-47)57(51-29-9-3-10-30-51)53-39-35-49(36-40-53)50-37-41-54(42-38-50)58(52-31-11-4-12-32-52)56-34-18-28-48(44-56)26-16-14-24-46-21-7-2-8-22-46/h1-44H/b23-13+,24-14+,25-15+,26-16+. The van der Waals surface area contributed by atoms with Gasteiger partial charge in [0.05, 0.1) is 0 Å². The molecule has 8 aromatic carbocycles. The third kappa shape index (κ3) is 9.57.